The van der Waals surface area contributed by atoms with Crippen molar-refractivity contribution in [2.24, 2.45) is 14.1 Å². The SMILES string of the molecule is Cn1c(=O)n(C)c2cc(NC(=O)CCCc3nc4ccccc4c(=O)[nH]3)ccc21. The summed E-state index contributed by atoms with van der Waals surface area (Å²) in [4.78, 5) is 43.6. The van der Waals surface area contributed by atoms with Gasteiger partial charge in [0.05, 0.1) is 21.9 Å². The zero-order chi connectivity index (χ0) is 20.5. The predicted molar refractivity (Wildman–Crippen MR) is 112 cm³/mol. The van der Waals surface area contributed by atoms with Crippen LogP contribution in [0.5, 0.6) is 0 Å². The molecule has 0 fully saturated rings. The molecule has 0 saturated heterocycles. The molecule has 8 nitrogen and oxygen atoms in total. The molecular weight excluding hydrogens is 370 g/mol. The number of hydrogen-bond donors (Lipinski definition) is 2. The minimum atomic E-state index is -0.170. The number of aromatic amines is 1. The largest absolute Gasteiger partial charge is 0.328 e. The Morgan fingerprint density at radius 2 is 1.83 bits per heavy atom. The van der Waals surface area contributed by atoms with Crippen LogP contribution in [0.3, 0.4) is 0 Å². The standard InChI is InChI=1S/C21H21N5O3/c1-25-16-11-10-13(12-17(16)26(2)21(25)29)22-19(27)9-5-8-18-23-15-7-4-3-6-14(15)20(28)24-18/h3-4,6-7,10-12H,5,8-9H2,1-2H3,(H,22,27)(H,23,24,28). The molecule has 148 valence electrons. The number of imidazole rings is 1. The maximum absolute atomic E-state index is 12.3. The maximum atomic E-state index is 12.3. The van der Waals surface area contributed by atoms with Gasteiger partial charge in [0.25, 0.3) is 5.56 Å². The third-order valence-corrected chi connectivity index (χ3v) is 5.04. The Hall–Kier alpha value is -3.68. The molecule has 2 aromatic carbocycles. The summed E-state index contributed by atoms with van der Waals surface area (Å²) in [6.45, 7) is 0. The molecule has 2 aromatic heterocycles. The molecule has 0 saturated carbocycles. The topological polar surface area (TPSA) is 102 Å². The van der Waals surface area contributed by atoms with E-state index in [-0.39, 0.29) is 17.2 Å². The van der Waals surface area contributed by atoms with Crippen molar-refractivity contribution in [1.82, 2.24) is 19.1 Å². The van der Waals surface area contributed by atoms with Crippen molar-refractivity contribution in [3.8, 4) is 0 Å². The number of nitrogens with zero attached hydrogens (tertiary/aromatic N) is 3. The molecule has 0 aliphatic carbocycles. The molecule has 0 spiro atoms. The van der Waals surface area contributed by atoms with E-state index in [4.69, 9.17) is 0 Å². The molecule has 0 bridgehead atoms. The predicted octanol–water partition coefficient (Wildman–Crippen LogP) is 2.07. The highest BCUT2D eigenvalue weighted by atomic mass is 16.2. The van der Waals surface area contributed by atoms with Gasteiger partial charge in [-0.1, -0.05) is 12.1 Å². The second-order valence-corrected chi connectivity index (χ2v) is 7.04. The van der Waals surface area contributed by atoms with Crippen molar-refractivity contribution in [3.63, 3.8) is 0 Å². The lowest BCUT2D eigenvalue weighted by Gasteiger charge is -2.06. The highest BCUT2D eigenvalue weighted by Gasteiger charge is 2.10. The number of benzene rings is 2. The van der Waals surface area contributed by atoms with Crippen molar-refractivity contribution in [3.05, 3.63) is 69.1 Å². The van der Waals surface area contributed by atoms with Crippen molar-refractivity contribution in [2.75, 3.05) is 5.32 Å². The third-order valence-electron chi connectivity index (χ3n) is 5.04. The number of H-pyrrole nitrogens is 1. The summed E-state index contributed by atoms with van der Waals surface area (Å²) >= 11 is 0. The Morgan fingerprint density at radius 3 is 2.66 bits per heavy atom. The van der Waals surface area contributed by atoms with Crippen LogP contribution in [0.2, 0.25) is 0 Å². The van der Waals surface area contributed by atoms with Crippen LogP contribution >= 0.6 is 0 Å². The fourth-order valence-electron chi connectivity index (χ4n) is 3.48. The zero-order valence-corrected chi connectivity index (χ0v) is 16.2. The molecular formula is C21H21N5O3. The molecule has 4 aromatic rings. The monoisotopic (exact) mass is 391 g/mol. The van der Waals surface area contributed by atoms with Crippen molar-refractivity contribution in [2.45, 2.75) is 19.3 Å². The van der Waals surface area contributed by atoms with Crippen LogP contribution in [-0.2, 0) is 25.3 Å². The van der Waals surface area contributed by atoms with E-state index in [1.54, 1.807) is 53.6 Å². The Kier molecular flexibility index (Phi) is 4.75. The average Bonchev–Trinajstić information content (AvgIpc) is 2.92. The number of hydrogen-bond acceptors (Lipinski definition) is 4. The quantitative estimate of drug-likeness (QED) is 0.544. The van der Waals surface area contributed by atoms with Gasteiger partial charge in [-0.3, -0.25) is 18.7 Å². The van der Waals surface area contributed by atoms with Gasteiger partial charge in [-0.15, -0.1) is 0 Å². The summed E-state index contributed by atoms with van der Waals surface area (Å²) < 4.78 is 3.12. The second-order valence-electron chi connectivity index (χ2n) is 7.04. The number of fused-ring (bicyclic) bond motifs is 2. The van der Waals surface area contributed by atoms with Crippen LogP contribution in [0.4, 0.5) is 5.69 Å². The van der Waals surface area contributed by atoms with Gasteiger partial charge >= 0.3 is 5.69 Å². The molecule has 0 radical (unpaired) electrons. The minimum Gasteiger partial charge on any atom is -0.326 e. The van der Waals surface area contributed by atoms with E-state index in [9.17, 15) is 14.4 Å². The van der Waals surface area contributed by atoms with Gasteiger partial charge in [0, 0.05) is 32.6 Å². The van der Waals surface area contributed by atoms with E-state index in [1.807, 2.05) is 12.1 Å². The van der Waals surface area contributed by atoms with E-state index < -0.39 is 0 Å². The molecule has 4 rings (SSSR count). The van der Waals surface area contributed by atoms with Gasteiger partial charge in [0.2, 0.25) is 5.91 Å². The molecule has 29 heavy (non-hydrogen) atoms. The number of amides is 1. The average molecular weight is 391 g/mol. The lowest BCUT2D eigenvalue weighted by molar-refractivity contribution is -0.116. The van der Waals surface area contributed by atoms with E-state index in [1.165, 1.54) is 0 Å². The molecule has 1 amide bonds. The summed E-state index contributed by atoms with van der Waals surface area (Å²) in [5.41, 5.74) is 2.57. The number of carbonyl (C=O) groups excluding carboxylic acids is 1. The van der Waals surface area contributed by atoms with Gasteiger partial charge in [-0.25, -0.2) is 9.78 Å². The first-order valence-electron chi connectivity index (χ1n) is 9.37. The number of nitrogens with one attached hydrogen (secondary N) is 2. The van der Waals surface area contributed by atoms with Gasteiger partial charge in [0.1, 0.15) is 5.82 Å². The van der Waals surface area contributed by atoms with Crippen LogP contribution in [0, 0.1) is 0 Å². The first kappa shape index (κ1) is 18.7. The number of rotatable bonds is 5. The van der Waals surface area contributed by atoms with Crippen molar-refractivity contribution >= 4 is 33.5 Å². The fraction of sp³-hybridized carbons (Fsp3) is 0.238. The minimum absolute atomic E-state index is 0.111. The summed E-state index contributed by atoms with van der Waals surface area (Å²) in [5, 5.41) is 3.42. The summed E-state index contributed by atoms with van der Waals surface area (Å²) in [6.07, 6.45) is 1.35. The van der Waals surface area contributed by atoms with Crippen LogP contribution < -0.4 is 16.6 Å². The summed E-state index contributed by atoms with van der Waals surface area (Å²) in [6, 6.07) is 12.6. The van der Waals surface area contributed by atoms with Gasteiger partial charge in [-0.2, -0.15) is 0 Å². The number of aryl methyl sites for hydroxylation is 3. The van der Waals surface area contributed by atoms with Crippen LogP contribution in [-0.4, -0.2) is 25.0 Å². The fourth-order valence-corrected chi connectivity index (χ4v) is 3.48. The van der Waals surface area contributed by atoms with Crippen molar-refractivity contribution in [1.29, 1.82) is 0 Å². The number of anilines is 1. The van der Waals surface area contributed by atoms with Crippen molar-refractivity contribution < 1.29 is 4.79 Å². The Balaban J connectivity index is 1.40. The molecule has 0 aliphatic rings. The number of para-hydroxylation sites is 1. The van der Waals surface area contributed by atoms with E-state index in [0.29, 0.717) is 41.7 Å². The lowest BCUT2D eigenvalue weighted by Crippen LogP contribution is -2.19. The van der Waals surface area contributed by atoms with Gasteiger partial charge in [0.15, 0.2) is 0 Å². The van der Waals surface area contributed by atoms with Crippen LogP contribution in [0.15, 0.2) is 52.1 Å². The van der Waals surface area contributed by atoms with E-state index in [0.717, 1.165) is 11.0 Å². The molecule has 2 N–H and O–H groups in total. The molecule has 0 unspecified atom stereocenters. The number of carbonyl (C=O) groups is 1. The number of aromatic nitrogens is 4. The van der Waals surface area contributed by atoms with E-state index in [2.05, 4.69) is 15.3 Å². The van der Waals surface area contributed by atoms with Gasteiger partial charge in [-0.05, 0) is 36.8 Å². The van der Waals surface area contributed by atoms with Crippen LogP contribution in [0.25, 0.3) is 21.9 Å². The Morgan fingerprint density at radius 1 is 1.07 bits per heavy atom. The van der Waals surface area contributed by atoms with E-state index >= 15 is 0 Å². The first-order valence-corrected chi connectivity index (χ1v) is 9.37. The Labute approximate surface area is 165 Å². The highest BCUT2D eigenvalue weighted by molar-refractivity contribution is 5.93. The normalized spacial score (nSPS) is 11.2. The molecule has 2 heterocycles. The second kappa shape index (κ2) is 7.38. The molecule has 0 atom stereocenters. The van der Waals surface area contributed by atoms with Crippen LogP contribution in [0.1, 0.15) is 18.7 Å². The smallest absolute Gasteiger partial charge is 0.326 e. The highest BCUT2D eigenvalue weighted by Crippen LogP contribution is 2.18. The third kappa shape index (κ3) is 3.56. The summed E-state index contributed by atoms with van der Waals surface area (Å²) in [7, 11) is 3.42. The zero-order valence-electron chi connectivity index (χ0n) is 16.2. The molecule has 0 aliphatic heterocycles. The summed E-state index contributed by atoms with van der Waals surface area (Å²) in [5.74, 6) is 0.440. The molecule has 8 heteroatoms. The first-order chi connectivity index (χ1) is 13.9. The Bertz CT molecular complexity index is 1350. The van der Waals surface area contributed by atoms with Gasteiger partial charge < -0.3 is 10.3 Å². The maximum Gasteiger partial charge on any atom is 0.328 e. The lowest BCUT2D eigenvalue weighted by atomic mass is 10.2.